The van der Waals surface area contributed by atoms with E-state index in [0.29, 0.717) is 44.0 Å². The van der Waals surface area contributed by atoms with Gasteiger partial charge in [-0.05, 0) is 67.4 Å². The molecule has 3 rings (SSSR count). The number of nitrogens with zero attached hydrogens (tertiary/aromatic N) is 1. The van der Waals surface area contributed by atoms with Crippen molar-refractivity contribution in [1.82, 2.24) is 9.62 Å². The lowest BCUT2D eigenvalue weighted by molar-refractivity contribution is -0.133. The Morgan fingerprint density at radius 1 is 1.35 bits per heavy atom. The van der Waals surface area contributed by atoms with Crippen molar-refractivity contribution in [2.24, 2.45) is 17.1 Å². The van der Waals surface area contributed by atoms with Gasteiger partial charge in [-0.3, -0.25) is 9.18 Å². The topological polar surface area (TPSA) is 105 Å². The van der Waals surface area contributed by atoms with Crippen molar-refractivity contribution in [2.75, 3.05) is 49.7 Å². The molecule has 1 amide bonds. The molecule has 4 N–H and O–H groups in total. The fraction of sp³-hybridized carbons (Fsp3) is 0.708. The lowest BCUT2D eigenvalue weighted by Crippen LogP contribution is -2.52. The third kappa shape index (κ3) is 7.08. The molecule has 0 spiro atoms. The number of piperidine rings is 1. The van der Waals surface area contributed by atoms with Gasteiger partial charge in [0.05, 0.1) is 12.4 Å². The number of fused-ring (bicyclic) bond motifs is 1. The number of halogens is 1. The maximum absolute atomic E-state index is 13.5. The number of para-hydroxylation sites is 1. The summed E-state index contributed by atoms with van der Waals surface area (Å²) >= 11 is 1.53. The predicted octanol–water partition coefficient (Wildman–Crippen LogP) is 3.01. The minimum absolute atomic E-state index is 0.0369. The number of alkyl halides is 1. The number of nitrogens with one attached hydrogen (secondary N) is 2. The van der Waals surface area contributed by atoms with E-state index in [-0.39, 0.29) is 28.8 Å². The second-order valence-corrected chi connectivity index (χ2v) is 13.0. The quantitative estimate of drug-likeness (QED) is 0.392. The molecule has 192 valence electrons. The number of amides is 1. The van der Waals surface area contributed by atoms with Crippen LogP contribution in [0.4, 0.5) is 10.1 Å². The second kappa shape index (κ2) is 12.1. The van der Waals surface area contributed by atoms with Crippen LogP contribution in [-0.4, -0.2) is 69.6 Å². The molecule has 2 aliphatic heterocycles. The van der Waals surface area contributed by atoms with Crippen molar-refractivity contribution in [3.63, 3.8) is 0 Å². The maximum Gasteiger partial charge on any atom is 0.243 e. The molecule has 0 bridgehead atoms. The van der Waals surface area contributed by atoms with E-state index >= 15 is 0 Å². The summed E-state index contributed by atoms with van der Waals surface area (Å²) < 4.78 is 42.4. The minimum Gasteiger partial charge on any atom is -0.383 e. The first-order valence-corrected chi connectivity index (χ1v) is 14.8. The Bertz CT molecular complexity index is 934. The molecule has 2 heterocycles. The Labute approximate surface area is 207 Å². The van der Waals surface area contributed by atoms with Crippen molar-refractivity contribution in [1.29, 1.82) is 0 Å². The summed E-state index contributed by atoms with van der Waals surface area (Å²) in [4.78, 5) is 15.3. The molecule has 1 saturated heterocycles. The molecule has 10 heteroatoms. The lowest BCUT2D eigenvalue weighted by Gasteiger charge is -2.35. The normalized spacial score (nSPS) is 19.4. The number of rotatable bonds is 11. The van der Waals surface area contributed by atoms with Crippen molar-refractivity contribution in [2.45, 2.75) is 56.9 Å². The summed E-state index contributed by atoms with van der Waals surface area (Å²) in [6.45, 7) is 6.25. The van der Waals surface area contributed by atoms with Crippen LogP contribution in [0.3, 0.4) is 0 Å². The third-order valence-corrected chi connectivity index (χ3v) is 9.29. The monoisotopic (exact) mass is 514 g/mol. The van der Waals surface area contributed by atoms with Crippen LogP contribution in [0.2, 0.25) is 0 Å². The highest BCUT2D eigenvalue weighted by molar-refractivity contribution is 7.99. The Balaban J connectivity index is 1.77. The summed E-state index contributed by atoms with van der Waals surface area (Å²) in [6.07, 6.45) is 3.61. The van der Waals surface area contributed by atoms with Crippen LogP contribution in [0, 0.1) is 11.3 Å². The molecule has 0 aromatic heterocycles. The zero-order chi connectivity index (χ0) is 24.8. The van der Waals surface area contributed by atoms with Crippen molar-refractivity contribution >= 4 is 33.4 Å². The van der Waals surface area contributed by atoms with Gasteiger partial charge in [0.25, 0.3) is 0 Å². The highest BCUT2D eigenvalue weighted by Crippen LogP contribution is 2.36. The average molecular weight is 515 g/mol. The van der Waals surface area contributed by atoms with Gasteiger partial charge in [-0.1, -0.05) is 26.0 Å². The molecule has 1 atom stereocenters. The van der Waals surface area contributed by atoms with Gasteiger partial charge >= 0.3 is 0 Å². The maximum atomic E-state index is 13.5. The van der Waals surface area contributed by atoms with Gasteiger partial charge in [-0.15, -0.1) is 0 Å². The summed E-state index contributed by atoms with van der Waals surface area (Å²) in [5, 5.41) is 3.31. The fourth-order valence-corrected chi connectivity index (χ4v) is 7.18. The van der Waals surface area contributed by atoms with Crippen molar-refractivity contribution in [3.05, 3.63) is 23.8 Å². The van der Waals surface area contributed by atoms with Gasteiger partial charge in [-0.2, -0.15) is 16.5 Å². The zero-order valence-corrected chi connectivity index (χ0v) is 21.9. The highest BCUT2D eigenvalue weighted by atomic mass is 32.2. The number of carbonyl (C=O) groups excluding carboxylic acids is 1. The molecular weight excluding hydrogens is 475 g/mol. The van der Waals surface area contributed by atoms with Gasteiger partial charge in [0.2, 0.25) is 15.9 Å². The van der Waals surface area contributed by atoms with Crippen LogP contribution in [0.5, 0.6) is 0 Å². The van der Waals surface area contributed by atoms with E-state index in [4.69, 9.17) is 5.73 Å². The molecule has 1 aromatic carbocycles. The van der Waals surface area contributed by atoms with E-state index in [0.717, 1.165) is 37.0 Å². The SMILES string of the molecule is CC1(C)CNc2c(cccc2S(=O)(=O)N[C@@H](CSCCCN)C(=O)N2CCC(CCF)CC2)C1. The number of hydrogen-bond acceptors (Lipinski definition) is 6. The van der Waals surface area contributed by atoms with Gasteiger partial charge < -0.3 is 16.0 Å². The molecule has 0 unspecified atom stereocenters. The summed E-state index contributed by atoms with van der Waals surface area (Å²) in [6, 6.07) is 4.45. The van der Waals surface area contributed by atoms with E-state index in [2.05, 4.69) is 23.9 Å². The number of carbonyl (C=O) groups is 1. The summed E-state index contributed by atoms with van der Waals surface area (Å²) in [5.41, 5.74) is 7.22. The van der Waals surface area contributed by atoms with Crippen molar-refractivity contribution < 1.29 is 17.6 Å². The smallest absolute Gasteiger partial charge is 0.243 e. The van der Waals surface area contributed by atoms with Crippen LogP contribution in [0.15, 0.2) is 23.1 Å². The molecule has 0 aliphatic carbocycles. The predicted molar refractivity (Wildman–Crippen MR) is 137 cm³/mol. The van der Waals surface area contributed by atoms with E-state index in [1.165, 1.54) is 11.8 Å². The molecule has 2 aliphatic rings. The van der Waals surface area contributed by atoms with E-state index < -0.39 is 16.1 Å². The average Bonchev–Trinajstić information content (AvgIpc) is 2.80. The Kier molecular flexibility index (Phi) is 9.65. The van der Waals surface area contributed by atoms with Gasteiger partial charge in [0.15, 0.2) is 0 Å². The minimum atomic E-state index is -3.93. The number of nitrogens with two attached hydrogens (primary N) is 1. The Morgan fingerprint density at radius 3 is 2.76 bits per heavy atom. The van der Waals surface area contributed by atoms with Crippen LogP contribution in [-0.2, 0) is 21.2 Å². The van der Waals surface area contributed by atoms with Crippen LogP contribution < -0.4 is 15.8 Å². The van der Waals surface area contributed by atoms with Gasteiger partial charge in [0.1, 0.15) is 10.9 Å². The van der Waals surface area contributed by atoms with Gasteiger partial charge in [-0.25, -0.2) is 8.42 Å². The molecule has 1 aromatic rings. The molecule has 1 fully saturated rings. The number of thioether (sulfide) groups is 1. The lowest BCUT2D eigenvalue weighted by atomic mass is 9.82. The number of anilines is 1. The first kappa shape index (κ1) is 27.2. The zero-order valence-electron chi connectivity index (χ0n) is 20.3. The van der Waals surface area contributed by atoms with Crippen LogP contribution >= 0.6 is 11.8 Å². The number of sulfonamides is 1. The first-order valence-electron chi connectivity index (χ1n) is 12.2. The molecule has 0 saturated carbocycles. The van der Waals surface area contributed by atoms with E-state index in [1.54, 1.807) is 17.0 Å². The largest absolute Gasteiger partial charge is 0.383 e. The highest BCUT2D eigenvalue weighted by Gasteiger charge is 2.34. The van der Waals surface area contributed by atoms with Crippen molar-refractivity contribution in [3.8, 4) is 0 Å². The standard InChI is InChI=1S/C24H39FN4O3S2/c1-24(2)15-19-5-3-6-21(22(19)27-17-24)34(31,32)28-20(16-33-14-4-11-26)23(30)29-12-8-18(7-10-25)9-13-29/h3,5-6,18,20,27-28H,4,7-17,26H2,1-2H3/t20-/m0/s1. The fourth-order valence-electron chi connectivity index (χ4n) is 4.66. The molecule has 34 heavy (non-hydrogen) atoms. The van der Waals surface area contributed by atoms with E-state index in [1.807, 2.05) is 6.07 Å². The summed E-state index contributed by atoms with van der Waals surface area (Å²) in [5.74, 6) is 1.19. The summed E-state index contributed by atoms with van der Waals surface area (Å²) in [7, 11) is -3.93. The Morgan fingerprint density at radius 2 is 2.09 bits per heavy atom. The van der Waals surface area contributed by atoms with Crippen LogP contribution in [0.1, 0.15) is 45.1 Å². The number of likely N-dealkylation sites (tertiary alicyclic amines) is 1. The first-order chi connectivity index (χ1) is 16.2. The molecular formula is C24H39FN4O3S2. The van der Waals surface area contributed by atoms with Crippen LogP contribution in [0.25, 0.3) is 0 Å². The van der Waals surface area contributed by atoms with Gasteiger partial charge in [0, 0.05) is 25.4 Å². The number of hydrogen-bond donors (Lipinski definition) is 3. The van der Waals surface area contributed by atoms with E-state index in [9.17, 15) is 17.6 Å². The second-order valence-electron chi connectivity index (χ2n) is 10.1. The Hall–Kier alpha value is -1.36. The number of benzene rings is 1. The molecule has 7 nitrogen and oxygen atoms in total. The third-order valence-electron chi connectivity index (χ3n) is 6.63. The molecule has 0 radical (unpaired) electrons.